The Hall–Kier alpha value is -3.16. The average Bonchev–Trinajstić information content (AvgIpc) is 3.53. The molecule has 6 nitrogen and oxygen atoms in total. The van der Waals surface area contributed by atoms with Crippen LogP contribution in [0, 0.1) is 17.6 Å². The molecular formula is C23H22F2N2O4. The van der Waals surface area contributed by atoms with Gasteiger partial charge >= 0.3 is 0 Å². The summed E-state index contributed by atoms with van der Waals surface area (Å²) >= 11 is 0. The highest BCUT2D eigenvalue weighted by Gasteiger charge is 2.41. The third kappa shape index (κ3) is 3.94. The van der Waals surface area contributed by atoms with Gasteiger partial charge in [-0.2, -0.15) is 0 Å². The van der Waals surface area contributed by atoms with Crippen LogP contribution < -0.4 is 14.4 Å². The monoisotopic (exact) mass is 428 g/mol. The predicted molar refractivity (Wildman–Crippen MR) is 108 cm³/mol. The first-order chi connectivity index (χ1) is 15.0. The van der Waals surface area contributed by atoms with Crippen LogP contribution >= 0.6 is 0 Å². The summed E-state index contributed by atoms with van der Waals surface area (Å²) in [5.74, 6) is -0.919. The van der Waals surface area contributed by atoms with E-state index in [4.69, 9.17) is 9.47 Å². The number of anilines is 1. The zero-order valence-electron chi connectivity index (χ0n) is 16.9. The molecule has 1 atom stereocenters. The molecule has 1 saturated heterocycles. The number of halogens is 2. The van der Waals surface area contributed by atoms with Crippen molar-refractivity contribution in [3.05, 3.63) is 53.6 Å². The second-order valence-electron chi connectivity index (χ2n) is 8.17. The average molecular weight is 428 g/mol. The van der Waals surface area contributed by atoms with Crippen molar-refractivity contribution in [2.45, 2.75) is 31.8 Å². The van der Waals surface area contributed by atoms with E-state index in [2.05, 4.69) is 0 Å². The van der Waals surface area contributed by atoms with Gasteiger partial charge in [-0.1, -0.05) is 6.07 Å². The first kappa shape index (κ1) is 19.8. The number of amides is 2. The molecule has 0 N–H and O–H groups in total. The van der Waals surface area contributed by atoms with Gasteiger partial charge in [0.2, 0.25) is 11.8 Å². The summed E-state index contributed by atoms with van der Waals surface area (Å²) in [7, 11) is 0. The number of hydrogen-bond acceptors (Lipinski definition) is 4. The molecular weight excluding hydrogens is 406 g/mol. The minimum absolute atomic E-state index is 0.0374. The van der Waals surface area contributed by atoms with Gasteiger partial charge in [0, 0.05) is 48.9 Å². The molecule has 2 heterocycles. The summed E-state index contributed by atoms with van der Waals surface area (Å²) in [6.07, 6.45) is 1.80. The highest BCUT2D eigenvalue weighted by atomic mass is 19.1. The Morgan fingerprint density at radius 2 is 1.84 bits per heavy atom. The van der Waals surface area contributed by atoms with Crippen LogP contribution in [0.3, 0.4) is 0 Å². The molecule has 2 amide bonds. The molecule has 2 aromatic rings. The van der Waals surface area contributed by atoms with E-state index < -0.39 is 17.6 Å². The Balaban J connectivity index is 1.32. The largest absolute Gasteiger partial charge is 0.486 e. The van der Waals surface area contributed by atoms with E-state index in [0.29, 0.717) is 30.4 Å². The van der Waals surface area contributed by atoms with Crippen LogP contribution in [0.4, 0.5) is 14.5 Å². The number of ether oxygens (including phenoxy) is 2. The maximum Gasteiger partial charge on any atom is 0.228 e. The Bertz CT molecular complexity index is 1040. The van der Waals surface area contributed by atoms with E-state index in [1.165, 1.54) is 12.1 Å². The molecule has 0 spiro atoms. The van der Waals surface area contributed by atoms with E-state index in [9.17, 15) is 18.4 Å². The lowest BCUT2D eigenvalue weighted by Crippen LogP contribution is -2.38. The molecule has 0 bridgehead atoms. The van der Waals surface area contributed by atoms with Gasteiger partial charge in [0.05, 0.1) is 5.92 Å². The molecule has 0 radical (unpaired) electrons. The van der Waals surface area contributed by atoms with E-state index >= 15 is 0 Å². The normalized spacial score (nSPS) is 20.1. The second-order valence-corrected chi connectivity index (χ2v) is 8.17. The van der Waals surface area contributed by atoms with Crippen LogP contribution in [0.5, 0.6) is 11.5 Å². The molecule has 2 fully saturated rings. The topological polar surface area (TPSA) is 59.1 Å². The van der Waals surface area contributed by atoms with Gasteiger partial charge in [-0.05, 0) is 31.0 Å². The van der Waals surface area contributed by atoms with Gasteiger partial charge in [-0.25, -0.2) is 8.78 Å². The smallest absolute Gasteiger partial charge is 0.228 e. The molecule has 1 saturated carbocycles. The predicted octanol–water partition coefficient (Wildman–Crippen LogP) is 3.28. The molecule has 8 heteroatoms. The highest BCUT2D eigenvalue weighted by Crippen LogP contribution is 2.37. The Labute approximate surface area is 178 Å². The van der Waals surface area contributed by atoms with Crippen molar-refractivity contribution in [2.75, 3.05) is 24.7 Å². The highest BCUT2D eigenvalue weighted by molar-refractivity contribution is 6.00. The second kappa shape index (κ2) is 7.83. The van der Waals surface area contributed by atoms with Gasteiger partial charge in [0.25, 0.3) is 0 Å². The summed E-state index contributed by atoms with van der Waals surface area (Å²) in [4.78, 5) is 29.2. The van der Waals surface area contributed by atoms with Crippen molar-refractivity contribution >= 4 is 17.5 Å². The molecule has 162 valence electrons. The summed E-state index contributed by atoms with van der Waals surface area (Å²) in [5, 5.41) is 0. The molecule has 5 rings (SSSR count). The molecule has 2 aliphatic heterocycles. The fraction of sp³-hybridized carbons (Fsp3) is 0.391. The molecule has 1 aliphatic carbocycles. The Kier molecular flexibility index (Phi) is 5.00. The third-order valence-electron chi connectivity index (χ3n) is 5.94. The number of carbonyl (C=O) groups excluding carboxylic acids is 2. The standard InChI is InChI=1S/C23H22F2N2O4/c24-16-2-1-14(19(25)10-16)12-27(17-3-4-17)23(29)15-9-22(28)26(13-15)18-5-6-20-21(11-18)31-8-7-30-20/h1-2,5-6,10-11,15,17H,3-4,7-9,12-13H2. The van der Waals surface area contributed by atoms with E-state index in [-0.39, 0.29) is 42.9 Å². The van der Waals surface area contributed by atoms with Crippen LogP contribution in [0.1, 0.15) is 24.8 Å². The van der Waals surface area contributed by atoms with Gasteiger partial charge < -0.3 is 19.3 Å². The van der Waals surface area contributed by atoms with Gasteiger partial charge in [-0.3, -0.25) is 9.59 Å². The fourth-order valence-electron chi connectivity index (χ4n) is 4.16. The lowest BCUT2D eigenvalue weighted by molar-refractivity contribution is -0.137. The van der Waals surface area contributed by atoms with E-state index in [0.717, 1.165) is 18.9 Å². The summed E-state index contributed by atoms with van der Waals surface area (Å²) in [6.45, 7) is 1.26. The quantitative estimate of drug-likeness (QED) is 0.734. The fourth-order valence-corrected chi connectivity index (χ4v) is 4.16. The van der Waals surface area contributed by atoms with Crippen molar-refractivity contribution in [1.82, 2.24) is 4.90 Å². The summed E-state index contributed by atoms with van der Waals surface area (Å²) in [6, 6.07) is 8.73. The number of fused-ring (bicyclic) bond motifs is 1. The number of carbonyl (C=O) groups is 2. The van der Waals surface area contributed by atoms with Crippen molar-refractivity contribution in [3.63, 3.8) is 0 Å². The molecule has 1 unspecified atom stereocenters. The van der Waals surface area contributed by atoms with Gasteiger partial charge in [0.1, 0.15) is 24.8 Å². The number of hydrogen-bond donors (Lipinski definition) is 0. The molecule has 2 aromatic carbocycles. The lowest BCUT2D eigenvalue weighted by Gasteiger charge is -2.26. The van der Waals surface area contributed by atoms with Gasteiger partial charge in [0.15, 0.2) is 11.5 Å². The van der Waals surface area contributed by atoms with Crippen molar-refractivity contribution in [1.29, 1.82) is 0 Å². The van der Waals surface area contributed by atoms with Crippen LogP contribution in [-0.4, -0.2) is 42.5 Å². The maximum atomic E-state index is 14.2. The summed E-state index contributed by atoms with van der Waals surface area (Å²) in [5.41, 5.74) is 0.932. The SMILES string of the molecule is O=C1CC(C(=O)N(Cc2ccc(F)cc2F)C2CC2)CN1c1ccc2c(c1)OCCO2. The number of nitrogens with zero attached hydrogens (tertiary/aromatic N) is 2. The van der Waals surface area contributed by atoms with Crippen LogP contribution in [0.2, 0.25) is 0 Å². The lowest BCUT2D eigenvalue weighted by atomic mass is 10.1. The minimum atomic E-state index is -0.668. The minimum Gasteiger partial charge on any atom is -0.486 e. The van der Waals surface area contributed by atoms with Crippen LogP contribution in [0.15, 0.2) is 36.4 Å². The van der Waals surface area contributed by atoms with Crippen molar-refractivity contribution < 1.29 is 27.8 Å². The molecule has 3 aliphatic rings. The third-order valence-corrected chi connectivity index (χ3v) is 5.94. The van der Waals surface area contributed by atoms with E-state index in [1.807, 2.05) is 0 Å². The van der Waals surface area contributed by atoms with Gasteiger partial charge in [-0.15, -0.1) is 0 Å². The first-order valence-electron chi connectivity index (χ1n) is 10.4. The van der Waals surface area contributed by atoms with Crippen molar-refractivity contribution in [3.8, 4) is 11.5 Å². The zero-order chi connectivity index (χ0) is 21.5. The number of benzene rings is 2. The Morgan fingerprint density at radius 3 is 2.58 bits per heavy atom. The van der Waals surface area contributed by atoms with Crippen molar-refractivity contribution in [2.24, 2.45) is 5.92 Å². The van der Waals surface area contributed by atoms with Crippen LogP contribution in [0.25, 0.3) is 0 Å². The van der Waals surface area contributed by atoms with Crippen LogP contribution in [-0.2, 0) is 16.1 Å². The number of rotatable bonds is 5. The van der Waals surface area contributed by atoms with E-state index in [1.54, 1.807) is 28.0 Å². The zero-order valence-corrected chi connectivity index (χ0v) is 16.9. The maximum absolute atomic E-state index is 14.2. The first-order valence-corrected chi connectivity index (χ1v) is 10.4. The molecule has 0 aromatic heterocycles. The Morgan fingerprint density at radius 1 is 1.06 bits per heavy atom. The summed E-state index contributed by atoms with van der Waals surface area (Å²) < 4.78 is 38.5. The molecule has 31 heavy (non-hydrogen) atoms.